The highest BCUT2D eigenvalue weighted by Gasteiger charge is 2.32. The molecule has 2 atom stereocenters. The molecule has 0 aliphatic carbocycles. The number of rotatable bonds is 3. The van der Waals surface area contributed by atoms with E-state index in [4.69, 9.17) is 33.8 Å². The van der Waals surface area contributed by atoms with Crippen molar-refractivity contribution in [1.82, 2.24) is 5.43 Å². The van der Waals surface area contributed by atoms with Crippen LogP contribution in [0.25, 0.3) is 0 Å². The number of hydrogen-bond acceptors (Lipinski definition) is 3. The molecule has 0 saturated carbocycles. The molecule has 3 nitrogen and oxygen atoms in total. The van der Waals surface area contributed by atoms with Crippen LogP contribution in [0.5, 0.6) is 5.75 Å². The Kier molecular flexibility index (Phi) is 3.85. The molecule has 0 radical (unpaired) electrons. The summed E-state index contributed by atoms with van der Waals surface area (Å²) in [6.07, 6.45) is 0. The molecule has 3 rings (SSSR count). The van der Waals surface area contributed by atoms with Crippen molar-refractivity contribution in [3.63, 3.8) is 0 Å². The Bertz CT molecular complexity index is 633. The highest BCUT2D eigenvalue weighted by molar-refractivity contribution is 6.33. The first kappa shape index (κ1) is 13.7. The van der Waals surface area contributed by atoms with Gasteiger partial charge in [-0.2, -0.15) is 0 Å². The van der Waals surface area contributed by atoms with Crippen LogP contribution in [-0.4, -0.2) is 6.61 Å². The second-order valence-corrected chi connectivity index (χ2v) is 5.61. The van der Waals surface area contributed by atoms with Crippen molar-refractivity contribution in [2.24, 2.45) is 5.84 Å². The van der Waals surface area contributed by atoms with Gasteiger partial charge in [0.1, 0.15) is 5.75 Å². The minimum absolute atomic E-state index is 0.104. The number of fused-ring (bicyclic) bond motifs is 1. The van der Waals surface area contributed by atoms with Crippen molar-refractivity contribution in [3.05, 3.63) is 63.6 Å². The molecule has 0 amide bonds. The molecule has 0 saturated heterocycles. The maximum Gasteiger partial charge on any atom is 0.122 e. The number of halogens is 2. The van der Waals surface area contributed by atoms with Crippen LogP contribution < -0.4 is 16.0 Å². The monoisotopic (exact) mass is 308 g/mol. The van der Waals surface area contributed by atoms with Crippen molar-refractivity contribution in [2.75, 3.05) is 6.61 Å². The fourth-order valence-electron chi connectivity index (χ4n) is 2.64. The van der Waals surface area contributed by atoms with Gasteiger partial charge in [-0.1, -0.05) is 41.4 Å². The molecule has 0 fully saturated rings. The molecule has 104 valence electrons. The van der Waals surface area contributed by atoms with Crippen LogP contribution >= 0.6 is 23.2 Å². The van der Waals surface area contributed by atoms with E-state index in [1.807, 2.05) is 24.3 Å². The van der Waals surface area contributed by atoms with Crippen LogP contribution in [0.1, 0.15) is 23.1 Å². The summed E-state index contributed by atoms with van der Waals surface area (Å²) >= 11 is 12.3. The van der Waals surface area contributed by atoms with E-state index in [0.717, 1.165) is 16.9 Å². The smallest absolute Gasteiger partial charge is 0.122 e. The third-order valence-electron chi connectivity index (χ3n) is 3.61. The first-order chi connectivity index (χ1) is 9.70. The normalized spacial score (nSPS) is 18.4. The number of nitrogens with two attached hydrogens (primary N) is 1. The number of para-hydroxylation sites is 1. The molecule has 2 aromatic carbocycles. The second-order valence-electron chi connectivity index (χ2n) is 4.77. The van der Waals surface area contributed by atoms with Gasteiger partial charge in [-0.05, 0) is 29.8 Å². The van der Waals surface area contributed by atoms with E-state index in [-0.39, 0.29) is 12.0 Å². The summed E-state index contributed by atoms with van der Waals surface area (Å²) in [5, 5.41) is 1.28. The van der Waals surface area contributed by atoms with Crippen molar-refractivity contribution in [3.8, 4) is 5.75 Å². The van der Waals surface area contributed by atoms with E-state index in [0.29, 0.717) is 16.7 Å². The zero-order chi connectivity index (χ0) is 14.1. The molecule has 3 N–H and O–H groups in total. The molecule has 2 aromatic rings. The lowest BCUT2D eigenvalue weighted by Crippen LogP contribution is -2.33. The summed E-state index contributed by atoms with van der Waals surface area (Å²) in [5.41, 5.74) is 4.86. The predicted octanol–water partition coefficient (Wildman–Crippen LogP) is 3.67. The summed E-state index contributed by atoms with van der Waals surface area (Å²) in [6.45, 7) is 0.567. The van der Waals surface area contributed by atoms with Crippen LogP contribution in [-0.2, 0) is 0 Å². The van der Waals surface area contributed by atoms with E-state index < -0.39 is 0 Å². The number of hydrogen-bond donors (Lipinski definition) is 2. The van der Waals surface area contributed by atoms with Crippen molar-refractivity contribution in [1.29, 1.82) is 0 Å². The van der Waals surface area contributed by atoms with E-state index in [1.165, 1.54) is 0 Å². The Morgan fingerprint density at radius 2 is 2.00 bits per heavy atom. The third kappa shape index (κ3) is 2.38. The topological polar surface area (TPSA) is 47.3 Å². The lowest BCUT2D eigenvalue weighted by molar-refractivity contribution is 0.300. The summed E-state index contributed by atoms with van der Waals surface area (Å²) in [5.74, 6) is 6.76. The molecule has 1 aliphatic rings. The third-order valence-corrected chi connectivity index (χ3v) is 4.19. The highest BCUT2D eigenvalue weighted by atomic mass is 35.5. The molecule has 1 aliphatic heterocycles. The highest BCUT2D eigenvalue weighted by Crippen LogP contribution is 2.42. The second kappa shape index (κ2) is 5.62. The minimum atomic E-state index is -0.148. The number of ether oxygens (including phenoxy) is 1. The van der Waals surface area contributed by atoms with Gasteiger partial charge in [0.25, 0.3) is 0 Å². The summed E-state index contributed by atoms with van der Waals surface area (Å²) in [6, 6.07) is 13.2. The number of benzene rings is 2. The first-order valence-corrected chi connectivity index (χ1v) is 7.09. The Morgan fingerprint density at radius 3 is 2.80 bits per heavy atom. The van der Waals surface area contributed by atoms with Crippen LogP contribution in [0.2, 0.25) is 10.0 Å². The standard InChI is InChI=1S/C15H14Cl2N2O/c16-9-5-6-13(17)11(7-9)15(19-18)12-8-20-14-4-2-1-3-10(12)14/h1-7,12,15,19H,8,18H2. The van der Waals surface area contributed by atoms with Gasteiger partial charge in [-0.15, -0.1) is 0 Å². The molecule has 2 unspecified atom stereocenters. The first-order valence-electron chi connectivity index (χ1n) is 6.33. The molecule has 20 heavy (non-hydrogen) atoms. The van der Waals surface area contributed by atoms with Crippen LogP contribution in [0.4, 0.5) is 0 Å². The summed E-state index contributed by atoms with van der Waals surface area (Å²) in [7, 11) is 0. The fraction of sp³-hybridized carbons (Fsp3) is 0.200. The maximum atomic E-state index is 6.28. The van der Waals surface area contributed by atoms with E-state index >= 15 is 0 Å². The quantitative estimate of drug-likeness (QED) is 0.672. The molecule has 0 bridgehead atoms. The van der Waals surface area contributed by atoms with Crippen molar-refractivity contribution < 1.29 is 4.74 Å². The van der Waals surface area contributed by atoms with Gasteiger partial charge in [0.05, 0.1) is 12.6 Å². The molecule has 5 heteroatoms. The largest absolute Gasteiger partial charge is 0.493 e. The Labute approximate surface area is 127 Å². The lowest BCUT2D eigenvalue weighted by atomic mass is 9.89. The molecular formula is C15H14Cl2N2O. The Hall–Kier alpha value is -1.26. The van der Waals surface area contributed by atoms with Gasteiger partial charge in [-0.3, -0.25) is 11.3 Å². The van der Waals surface area contributed by atoms with Gasteiger partial charge < -0.3 is 4.74 Å². The number of nitrogens with one attached hydrogen (secondary N) is 1. The van der Waals surface area contributed by atoms with Crippen molar-refractivity contribution in [2.45, 2.75) is 12.0 Å². The van der Waals surface area contributed by atoms with Gasteiger partial charge in [0, 0.05) is 21.5 Å². The Morgan fingerprint density at radius 1 is 1.20 bits per heavy atom. The van der Waals surface area contributed by atoms with Crippen LogP contribution in [0.3, 0.4) is 0 Å². The minimum Gasteiger partial charge on any atom is -0.493 e. The van der Waals surface area contributed by atoms with Gasteiger partial charge in [0.15, 0.2) is 0 Å². The SMILES string of the molecule is NNC(c1cc(Cl)ccc1Cl)C1COc2ccccc21. The zero-order valence-electron chi connectivity index (χ0n) is 10.6. The molecule has 0 aromatic heterocycles. The fourth-order valence-corrected chi connectivity index (χ4v) is 3.05. The average molecular weight is 309 g/mol. The van der Waals surface area contributed by atoms with E-state index in [2.05, 4.69) is 11.5 Å². The zero-order valence-corrected chi connectivity index (χ0v) is 12.2. The van der Waals surface area contributed by atoms with Gasteiger partial charge >= 0.3 is 0 Å². The summed E-state index contributed by atoms with van der Waals surface area (Å²) < 4.78 is 5.71. The van der Waals surface area contributed by atoms with E-state index in [9.17, 15) is 0 Å². The van der Waals surface area contributed by atoms with Gasteiger partial charge in [-0.25, -0.2) is 0 Å². The average Bonchev–Trinajstić information content (AvgIpc) is 2.88. The van der Waals surface area contributed by atoms with E-state index in [1.54, 1.807) is 12.1 Å². The van der Waals surface area contributed by atoms with Crippen LogP contribution in [0.15, 0.2) is 42.5 Å². The molecule has 1 heterocycles. The molecular weight excluding hydrogens is 295 g/mol. The van der Waals surface area contributed by atoms with Crippen LogP contribution in [0, 0.1) is 0 Å². The Balaban J connectivity index is 2.01. The molecule has 0 spiro atoms. The summed E-state index contributed by atoms with van der Waals surface area (Å²) in [4.78, 5) is 0. The van der Waals surface area contributed by atoms with Gasteiger partial charge in [0.2, 0.25) is 0 Å². The predicted molar refractivity (Wildman–Crippen MR) is 81.2 cm³/mol. The maximum absolute atomic E-state index is 6.28. The number of hydrazine groups is 1. The lowest BCUT2D eigenvalue weighted by Gasteiger charge is -2.23. The van der Waals surface area contributed by atoms with Crippen molar-refractivity contribution >= 4 is 23.2 Å².